The highest BCUT2D eigenvalue weighted by Gasteiger charge is 2.43. The predicted octanol–water partition coefficient (Wildman–Crippen LogP) is 1.75. The minimum atomic E-state index is -0.223. The Balaban J connectivity index is 1.88. The molecule has 1 saturated carbocycles. The molecule has 2 aliphatic rings. The van der Waals surface area contributed by atoms with Gasteiger partial charge in [0.15, 0.2) is 5.78 Å². The third kappa shape index (κ3) is 1.96. The van der Waals surface area contributed by atoms with E-state index in [0.29, 0.717) is 6.42 Å². The number of benzene rings is 1. The number of carbonyl (C=O) groups excluding carboxylic acids is 2. The van der Waals surface area contributed by atoms with Gasteiger partial charge in [0.25, 0.3) is 0 Å². The van der Waals surface area contributed by atoms with Gasteiger partial charge in [0.2, 0.25) is 5.91 Å². The zero-order valence-electron chi connectivity index (χ0n) is 11.1. The fourth-order valence-corrected chi connectivity index (χ4v) is 3.10. The van der Waals surface area contributed by atoms with E-state index in [2.05, 4.69) is 10.6 Å². The third-order valence-corrected chi connectivity index (χ3v) is 4.30. The normalized spacial score (nSPS) is 19.5. The molecular weight excluding hydrogens is 240 g/mol. The summed E-state index contributed by atoms with van der Waals surface area (Å²) in [5, 5.41) is 5.93. The number of Topliss-reactive ketones (excluding diaryl/α,β-unsaturated/α-hetero) is 1. The van der Waals surface area contributed by atoms with Crippen molar-refractivity contribution < 1.29 is 9.59 Å². The Kier molecular flexibility index (Phi) is 2.90. The van der Waals surface area contributed by atoms with Crippen LogP contribution in [0.4, 0.5) is 5.69 Å². The summed E-state index contributed by atoms with van der Waals surface area (Å²) in [7, 11) is 1.89. The lowest BCUT2D eigenvalue weighted by molar-refractivity contribution is -0.115. The van der Waals surface area contributed by atoms with Crippen LogP contribution in [-0.2, 0) is 11.2 Å². The van der Waals surface area contributed by atoms with E-state index < -0.39 is 0 Å². The van der Waals surface area contributed by atoms with E-state index in [1.165, 1.54) is 0 Å². The lowest BCUT2D eigenvalue weighted by atomic mass is 9.64. The van der Waals surface area contributed by atoms with Gasteiger partial charge >= 0.3 is 0 Å². The van der Waals surface area contributed by atoms with Crippen molar-refractivity contribution in [3.63, 3.8) is 0 Å². The number of carbonyl (C=O) groups is 2. The molecular formula is C15H18N2O2. The van der Waals surface area contributed by atoms with Crippen molar-refractivity contribution in [2.24, 2.45) is 5.41 Å². The molecule has 0 spiro atoms. The molecule has 19 heavy (non-hydrogen) atoms. The molecule has 4 heteroatoms. The topological polar surface area (TPSA) is 58.2 Å². The van der Waals surface area contributed by atoms with Crippen molar-refractivity contribution in [3.05, 3.63) is 29.3 Å². The van der Waals surface area contributed by atoms with E-state index in [9.17, 15) is 9.59 Å². The van der Waals surface area contributed by atoms with E-state index in [0.717, 1.165) is 42.6 Å². The predicted molar refractivity (Wildman–Crippen MR) is 73.3 cm³/mol. The molecule has 1 aromatic rings. The van der Waals surface area contributed by atoms with Crippen LogP contribution in [0.3, 0.4) is 0 Å². The van der Waals surface area contributed by atoms with Gasteiger partial charge < -0.3 is 10.6 Å². The molecule has 3 rings (SSSR count). The van der Waals surface area contributed by atoms with Crippen LogP contribution in [0, 0.1) is 5.41 Å². The third-order valence-electron chi connectivity index (χ3n) is 4.30. The first kappa shape index (κ1) is 12.4. The summed E-state index contributed by atoms with van der Waals surface area (Å²) in [6.07, 6.45) is 3.43. The van der Waals surface area contributed by atoms with Crippen LogP contribution in [0.15, 0.2) is 18.2 Å². The molecule has 1 fully saturated rings. The van der Waals surface area contributed by atoms with Gasteiger partial charge in [-0.2, -0.15) is 0 Å². The van der Waals surface area contributed by atoms with Gasteiger partial charge in [-0.25, -0.2) is 0 Å². The first-order chi connectivity index (χ1) is 9.14. The highest BCUT2D eigenvalue weighted by Crippen LogP contribution is 2.43. The molecule has 0 radical (unpaired) electrons. The molecule has 0 saturated heterocycles. The van der Waals surface area contributed by atoms with Gasteiger partial charge in [-0.05, 0) is 43.7 Å². The van der Waals surface area contributed by atoms with Crippen molar-refractivity contribution in [2.75, 3.05) is 18.9 Å². The molecule has 0 unspecified atom stereocenters. The van der Waals surface area contributed by atoms with Crippen LogP contribution in [0.1, 0.15) is 35.2 Å². The Hall–Kier alpha value is -1.68. The lowest BCUT2D eigenvalue weighted by Gasteiger charge is -2.40. The molecule has 4 nitrogen and oxygen atoms in total. The SMILES string of the molecule is CNCC1(C(=O)c2ccc3c(c2)CC(=O)N3)CCC1. The van der Waals surface area contributed by atoms with Crippen LogP contribution >= 0.6 is 0 Å². The zero-order valence-corrected chi connectivity index (χ0v) is 11.1. The molecule has 100 valence electrons. The maximum Gasteiger partial charge on any atom is 0.228 e. The first-order valence-corrected chi connectivity index (χ1v) is 6.77. The van der Waals surface area contributed by atoms with Crippen LogP contribution in [-0.4, -0.2) is 25.3 Å². The average Bonchev–Trinajstić information content (AvgIpc) is 2.72. The molecule has 1 amide bonds. The standard InChI is InChI=1S/C15H18N2O2/c1-16-9-15(5-2-6-15)14(19)10-3-4-12-11(7-10)8-13(18)17-12/h3-4,7,16H,2,5-6,8-9H2,1H3,(H,17,18). The number of fused-ring (bicyclic) bond motifs is 1. The zero-order chi connectivity index (χ0) is 13.5. The second-order valence-corrected chi connectivity index (χ2v) is 5.59. The van der Waals surface area contributed by atoms with Gasteiger partial charge in [0.1, 0.15) is 0 Å². The Morgan fingerprint density at radius 2 is 2.21 bits per heavy atom. The monoisotopic (exact) mass is 258 g/mol. The van der Waals surface area contributed by atoms with Crippen LogP contribution in [0.5, 0.6) is 0 Å². The van der Waals surface area contributed by atoms with Crippen molar-refractivity contribution in [3.8, 4) is 0 Å². The maximum atomic E-state index is 12.7. The fraction of sp³-hybridized carbons (Fsp3) is 0.467. The fourth-order valence-electron chi connectivity index (χ4n) is 3.10. The second kappa shape index (κ2) is 4.46. The minimum Gasteiger partial charge on any atom is -0.326 e. The van der Waals surface area contributed by atoms with Gasteiger partial charge in [-0.15, -0.1) is 0 Å². The van der Waals surface area contributed by atoms with E-state index in [1.807, 2.05) is 25.2 Å². The molecule has 0 bridgehead atoms. The Morgan fingerprint density at radius 1 is 1.42 bits per heavy atom. The van der Waals surface area contributed by atoms with E-state index in [1.54, 1.807) is 0 Å². The largest absolute Gasteiger partial charge is 0.326 e. The van der Waals surface area contributed by atoms with Crippen molar-refractivity contribution in [1.29, 1.82) is 0 Å². The van der Waals surface area contributed by atoms with Crippen molar-refractivity contribution in [2.45, 2.75) is 25.7 Å². The van der Waals surface area contributed by atoms with E-state index in [4.69, 9.17) is 0 Å². The summed E-state index contributed by atoms with van der Waals surface area (Å²) in [6, 6.07) is 5.56. The Morgan fingerprint density at radius 3 is 2.84 bits per heavy atom. The van der Waals surface area contributed by atoms with Crippen molar-refractivity contribution in [1.82, 2.24) is 5.32 Å². The lowest BCUT2D eigenvalue weighted by Crippen LogP contribution is -2.45. The summed E-state index contributed by atoms with van der Waals surface area (Å²) in [5.74, 6) is 0.225. The van der Waals surface area contributed by atoms with E-state index >= 15 is 0 Å². The number of hydrogen-bond donors (Lipinski definition) is 2. The van der Waals surface area contributed by atoms with Gasteiger partial charge in [-0.1, -0.05) is 6.42 Å². The second-order valence-electron chi connectivity index (χ2n) is 5.59. The summed E-state index contributed by atoms with van der Waals surface area (Å²) >= 11 is 0. The molecule has 2 N–H and O–H groups in total. The average molecular weight is 258 g/mol. The molecule has 0 aromatic heterocycles. The summed E-state index contributed by atoms with van der Waals surface area (Å²) in [4.78, 5) is 24.0. The van der Waals surface area contributed by atoms with Crippen molar-refractivity contribution >= 4 is 17.4 Å². The van der Waals surface area contributed by atoms with Gasteiger partial charge in [0, 0.05) is 23.2 Å². The highest BCUT2D eigenvalue weighted by atomic mass is 16.2. The first-order valence-electron chi connectivity index (χ1n) is 6.77. The van der Waals surface area contributed by atoms with Gasteiger partial charge in [0.05, 0.1) is 6.42 Å². The smallest absolute Gasteiger partial charge is 0.228 e. The summed E-state index contributed by atoms with van der Waals surface area (Å²) in [6.45, 7) is 0.736. The quantitative estimate of drug-likeness (QED) is 0.809. The number of nitrogens with one attached hydrogen (secondary N) is 2. The van der Waals surface area contributed by atoms with E-state index in [-0.39, 0.29) is 17.1 Å². The number of hydrogen-bond acceptors (Lipinski definition) is 3. The maximum absolute atomic E-state index is 12.7. The Bertz CT molecular complexity index is 547. The minimum absolute atomic E-state index is 0.00758. The van der Waals surface area contributed by atoms with Crippen LogP contribution < -0.4 is 10.6 Å². The molecule has 0 atom stereocenters. The molecule has 1 aromatic carbocycles. The Labute approximate surface area is 112 Å². The van der Waals surface area contributed by atoms with Crippen LogP contribution in [0.25, 0.3) is 0 Å². The molecule has 1 aliphatic carbocycles. The number of ketones is 1. The summed E-state index contributed by atoms with van der Waals surface area (Å²) < 4.78 is 0. The van der Waals surface area contributed by atoms with Gasteiger partial charge in [-0.3, -0.25) is 9.59 Å². The molecule has 1 heterocycles. The number of amides is 1. The number of rotatable bonds is 4. The molecule has 1 aliphatic heterocycles. The number of anilines is 1. The highest BCUT2D eigenvalue weighted by molar-refractivity contribution is 6.04. The summed E-state index contributed by atoms with van der Waals surface area (Å²) in [5.41, 5.74) is 2.30. The van der Waals surface area contributed by atoms with Crippen LogP contribution in [0.2, 0.25) is 0 Å².